The van der Waals surface area contributed by atoms with Crippen molar-refractivity contribution < 1.29 is 10.2 Å². The number of nitrogens with zero attached hydrogens (tertiary/aromatic N) is 2. The number of rotatable bonds is 8. The Morgan fingerprint density at radius 1 is 1.32 bits per heavy atom. The Bertz CT molecular complexity index is 1050. The SMILES string of the molecule is N=N/C(=C\Nc1ccc(C(O)NCCO)cc1)c1cc2cccnc2[nH]c1=O. The Labute approximate surface area is 160 Å². The monoisotopic (exact) mass is 380 g/mol. The van der Waals surface area contributed by atoms with E-state index in [9.17, 15) is 9.90 Å². The van der Waals surface area contributed by atoms with Gasteiger partial charge in [0, 0.05) is 30.0 Å². The lowest BCUT2D eigenvalue weighted by Crippen LogP contribution is -2.23. The number of aromatic amines is 1. The fourth-order valence-electron chi connectivity index (χ4n) is 2.63. The zero-order valence-corrected chi connectivity index (χ0v) is 14.9. The van der Waals surface area contributed by atoms with Gasteiger partial charge in [-0.05, 0) is 35.9 Å². The molecule has 0 saturated heterocycles. The van der Waals surface area contributed by atoms with Crippen molar-refractivity contribution in [1.82, 2.24) is 15.3 Å². The highest BCUT2D eigenvalue weighted by atomic mass is 16.3. The maximum atomic E-state index is 12.3. The number of pyridine rings is 2. The molecule has 0 bridgehead atoms. The molecule has 1 unspecified atom stereocenters. The van der Waals surface area contributed by atoms with Gasteiger partial charge in [-0.2, -0.15) is 5.11 Å². The Morgan fingerprint density at radius 2 is 2.11 bits per heavy atom. The average Bonchev–Trinajstić information content (AvgIpc) is 2.73. The third-order valence-electron chi connectivity index (χ3n) is 4.06. The molecule has 0 aliphatic carbocycles. The van der Waals surface area contributed by atoms with Crippen molar-refractivity contribution in [2.75, 3.05) is 18.5 Å². The molecule has 28 heavy (non-hydrogen) atoms. The molecule has 2 heterocycles. The molecule has 6 N–H and O–H groups in total. The van der Waals surface area contributed by atoms with Crippen LogP contribution in [0.25, 0.3) is 16.7 Å². The second-order valence-corrected chi connectivity index (χ2v) is 5.94. The van der Waals surface area contributed by atoms with Gasteiger partial charge in [-0.3, -0.25) is 10.1 Å². The first kappa shape index (κ1) is 19.4. The van der Waals surface area contributed by atoms with E-state index >= 15 is 0 Å². The van der Waals surface area contributed by atoms with Crippen LogP contribution in [-0.4, -0.2) is 33.3 Å². The van der Waals surface area contributed by atoms with Crippen molar-refractivity contribution in [3.05, 3.63) is 76.3 Å². The van der Waals surface area contributed by atoms with E-state index in [1.54, 1.807) is 42.6 Å². The second kappa shape index (κ2) is 9.00. The molecular formula is C19H20N6O3. The summed E-state index contributed by atoms with van der Waals surface area (Å²) in [6.07, 6.45) is 2.18. The molecule has 9 nitrogen and oxygen atoms in total. The first-order chi connectivity index (χ1) is 13.6. The molecule has 2 aromatic heterocycles. The van der Waals surface area contributed by atoms with Crippen LogP contribution in [0.5, 0.6) is 0 Å². The minimum atomic E-state index is -0.875. The largest absolute Gasteiger partial charge is 0.395 e. The van der Waals surface area contributed by atoms with Gasteiger partial charge in [-0.1, -0.05) is 12.1 Å². The van der Waals surface area contributed by atoms with Gasteiger partial charge >= 0.3 is 0 Å². The van der Waals surface area contributed by atoms with E-state index in [1.165, 1.54) is 6.20 Å². The van der Waals surface area contributed by atoms with Crippen LogP contribution < -0.4 is 16.2 Å². The molecule has 3 aromatic rings. The number of aliphatic hydroxyl groups excluding tert-OH is 2. The zero-order chi connectivity index (χ0) is 19.9. The zero-order valence-electron chi connectivity index (χ0n) is 14.9. The average molecular weight is 380 g/mol. The highest BCUT2D eigenvalue weighted by molar-refractivity contribution is 5.79. The van der Waals surface area contributed by atoms with Gasteiger partial charge < -0.3 is 20.5 Å². The van der Waals surface area contributed by atoms with Crippen LogP contribution in [0.15, 0.2) is 64.8 Å². The van der Waals surface area contributed by atoms with Gasteiger partial charge in [0.2, 0.25) is 0 Å². The minimum absolute atomic E-state index is 0.0646. The van der Waals surface area contributed by atoms with Crippen molar-refractivity contribution in [1.29, 1.82) is 5.53 Å². The Morgan fingerprint density at radius 3 is 2.82 bits per heavy atom. The third kappa shape index (κ3) is 4.46. The Hall–Kier alpha value is -3.40. The number of anilines is 1. The van der Waals surface area contributed by atoms with E-state index in [0.717, 1.165) is 5.39 Å². The fraction of sp³-hybridized carbons (Fsp3) is 0.158. The van der Waals surface area contributed by atoms with Crippen LogP contribution in [-0.2, 0) is 0 Å². The van der Waals surface area contributed by atoms with Crippen molar-refractivity contribution in [2.45, 2.75) is 6.23 Å². The number of aliphatic hydroxyl groups is 2. The summed E-state index contributed by atoms with van der Waals surface area (Å²) in [4.78, 5) is 19.1. The van der Waals surface area contributed by atoms with E-state index in [2.05, 4.69) is 25.7 Å². The summed E-state index contributed by atoms with van der Waals surface area (Å²) >= 11 is 0. The summed E-state index contributed by atoms with van der Waals surface area (Å²) in [6.45, 7) is 0.221. The van der Waals surface area contributed by atoms with Gasteiger partial charge in [0.15, 0.2) is 0 Å². The lowest BCUT2D eigenvalue weighted by molar-refractivity contribution is 0.129. The smallest absolute Gasteiger partial charge is 0.259 e. The van der Waals surface area contributed by atoms with Crippen LogP contribution in [0.1, 0.15) is 17.4 Å². The van der Waals surface area contributed by atoms with E-state index in [1.807, 2.05) is 6.07 Å². The first-order valence-electron chi connectivity index (χ1n) is 8.57. The van der Waals surface area contributed by atoms with Crippen molar-refractivity contribution >= 4 is 22.4 Å². The van der Waals surface area contributed by atoms with Gasteiger partial charge in [-0.25, -0.2) is 10.5 Å². The van der Waals surface area contributed by atoms with Crippen LogP contribution in [0.2, 0.25) is 0 Å². The molecule has 0 fully saturated rings. The number of H-pyrrole nitrogens is 1. The summed E-state index contributed by atoms with van der Waals surface area (Å²) in [5.41, 5.74) is 9.25. The summed E-state index contributed by atoms with van der Waals surface area (Å²) < 4.78 is 0. The number of aromatic nitrogens is 2. The topological polar surface area (TPSA) is 146 Å². The highest BCUT2D eigenvalue weighted by Crippen LogP contribution is 2.18. The highest BCUT2D eigenvalue weighted by Gasteiger charge is 2.09. The van der Waals surface area contributed by atoms with Gasteiger partial charge in [0.25, 0.3) is 5.56 Å². The van der Waals surface area contributed by atoms with Crippen LogP contribution in [0, 0.1) is 5.53 Å². The standard InChI is InChI=1S/C19H20N6O3/c20-25-16(15-10-13-2-1-7-21-17(13)24-19(15)28)11-23-14-5-3-12(4-6-14)18(27)22-8-9-26/h1-7,10-11,18,20,22-23,26-27H,8-9H2,(H,21,24,28)/b16-11-,25-20?. The molecule has 0 amide bonds. The maximum absolute atomic E-state index is 12.3. The second-order valence-electron chi connectivity index (χ2n) is 5.94. The first-order valence-corrected chi connectivity index (χ1v) is 8.57. The summed E-state index contributed by atoms with van der Waals surface area (Å²) in [6, 6.07) is 12.1. The van der Waals surface area contributed by atoms with Gasteiger partial charge in [0.1, 0.15) is 17.6 Å². The molecule has 0 radical (unpaired) electrons. The minimum Gasteiger partial charge on any atom is -0.395 e. The van der Waals surface area contributed by atoms with Crippen molar-refractivity contribution in [2.24, 2.45) is 5.11 Å². The lowest BCUT2D eigenvalue weighted by Gasteiger charge is -2.12. The molecule has 0 saturated carbocycles. The van der Waals surface area contributed by atoms with E-state index < -0.39 is 6.23 Å². The fourth-order valence-corrected chi connectivity index (χ4v) is 2.63. The predicted molar refractivity (Wildman–Crippen MR) is 106 cm³/mol. The summed E-state index contributed by atoms with van der Waals surface area (Å²) in [5.74, 6) is 0. The molecule has 3 rings (SSSR count). The number of fused-ring (bicyclic) bond motifs is 1. The van der Waals surface area contributed by atoms with E-state index in [-0.39, 0.29) is 30.0 Å². The molecule has 9 heteroatoms. The summed E-state index contributed by atoms with van der Waals surface area (Å²) in [5, 5.41) is 28.7. The molecule has 1 atom stereocenters. The van der Waals surface area contributed by atoms with Crippen LogP contribution in [0.3, 0.4) is 0 Å². The summed E-state index contributed by atoms with van der Waals surface area (Å²) in [7, 11) is 0. The molecule has 1 aromatic carbocycles. The normalized spacial score (nSPS) is 12.7. The third-order valence-corrected chi connectivity index (χ3v) is 4.06. The Kier molecular flexibility index (Phi) is 6.22. The lowest BCUT2D eigenvalue weighted by atomic mass is 10.1. The predicted octanol–water partition coefficient (Wildman–Crippen LogP) is 1.94. The Balaban J connectivity index is 1.79. The quantitative estimate of drug-likeness (QED) is 0.260. The molecule has 0 spiro atoms. The van der Waals surface area contributed by atoms with E-state index in [4.69, 9.17) is 10.6 Å². The number of benzene rings is 1. The molecule has 144 valence electrons. The van der Waals surface area contributed by atoms with Crippen LogP contribution >= 0.6 is 0 Å². The molecule has 0 aliphatic rings. The van der Waals surface area contributed by atoms with Crippen molar-refractivity contribution in [3.63, 3.8) is 0 Å². The number of nitrogens with one attached hydrogen (secondary N) is 4. The molecule has 0 aliphatic heterocycles. The maximum Gasteiger partial charge on any atom is 0.259 e. The van der Waals surface area contributed by atoms with Gasteiger partial charge in [-0.15, -0.1) is 0 Å². The number of hydrogen-bond donors (Lipinski definition) is 6. The van der Waals surface area contributed by atoms with E-state index in [0.29, 0.717) is 16.9 Å². The van der Waals surface area contributed by atoms with Crippen LogP contribution in [0.4, 0.5) is 5.69 Å². The van der Waals surface area contributed by atoms with Crippen molar-refractivity contribution in [3.8, 4) is 0 Å². The number of hydrogen-bond acceptors (Lipinski definition) is 8. The van der Waals surface area contributed by atoms with Gasteiger partial charge in [0.05, 0.1) is 12.2 Å². The molecular weight excluding hydrogens is 360 g/mol.